The summed E-state index contributed by atoms with van der Waals surface area (Å²) in [5.74, 6) is 0.704. The van der Waals surface area contributed by atoms with E-state index in [2.05, 4.69) is 20.4 Å². The SMILES string of the molecule is C=C(C[CH2-])OC[CH2+]. The van der Waals surface area contributed by atoms with E-state index in [1.165, 1.54) is 0 Å². The quantitative estimate of drug-likeness (QED) is 0.384. The highest BCUT2D eigenvalue weighted by molar-refractivity contribution is 4.82. The molecule has 0 N–H and O–H groups in total. The van der Waals surface area contributed by atoms with Gasteiger partial charge < -0.3 is 11.7 Å². The predicted octanol–water partition coefficient (Wildman–Crippen LogP) is 1.57. The molecule has 0 aromatic carbocycles. The number of ether oxygens (including phenoxy) is 1. The molecule has 7 heavy (non-hydrogen) atoms. The maximum Gasteiger partial charge on any atom is 0.223 e. The second-order valence-electron chi connectivity index (χ2n) is 1.14. The lowest BCUT2D eigenvalue weighted by Crippen LogP contribution is -1.86. The van der Waals surface area contributed by atoms with Crippen molar-refractivity contribution in [1.82, 2.24) is 0 Å². The molecule has 0 heterocycles. The van der Waals surface area contributed by atoms with Gasteiger partial charge in [0, 0.05) is 0 Å². The number of hydrogen-bond acceptors (Lipinski definition) is 1. The molecule has 0 fully saturated rings. The molecule has 0 aromatic heterocycles. The zero-order valence-electron chi connectivity index (χ0n) is 4.44. The average molecular weight is 98.1 g/mol. The van der Waals surface area contributed by atoms with E-state index in [1.807, 2.05) is 0 Å². The highest BCUT2D eigenvalue weighted by Crippen LogP contribution is 1.95. The molecule has 0 rings (SSSR count). The molecule has 0 atom stereocenters. The lowest BCUT2D eigenvalue weighted by molar-refractivity contribution is 0.242. The van der Waals surface area contributed by atoms with Gasteiger partial charge in [-0.2, -0.15) is 0 Å². The summed E-state index contributed by atoms with van der Waals surface area (Å²) in [5.41, 5.74) is 0. The van der Waals surface area contributed by atoms with Crippen LogP contribution in [0.2, 0.25) is 0 Å². The summed E-state index contributed by atoms with van der Waals surface area (Å²) in [6, 6.07) is 0. The fourth-order valence-electron chi connectivity index (χ4n) is 0.217. The minimum atomic E-state index is 0.453. The Bertz CT molecular complexity index is 57.2. The van der Waals surface area contributed by atoms with E-state index in [0.29, 0.717) is 18.8 Å². The molecule has 0 saturated heterocycles. The van der Waals surface area contributed by atoms with Crippen molar-refractivity contribution in [2.24, 2.45) is 0 Å². The third kappa shape index (κ3) is 3.23. The number of hydrogen-bond donors (Lipinski definition) is 0. The van der Waals surface area contributed by atoms with Crippen molar-refractivity contribution >= 4 is 0 Å². The van der Waals surface area contributed by atoms with Crippen LogP contribution in [0.3, 0.4) is 0 Å². The summed E-state index contributed by atoms with van der Waals surface area (Å²) in [6.07, 6.45) is 0.634. The van der Waals surface area contributed by atoms with Crippen LogP contribution in [0, 0.1) is 13.8 Å². The first-order valence-corrected chi connectivity index (χ1v) is 2.20. The van der Waals surface area contributed by atoms with Crippen molar-refractivity contribution < 1.29 is 4.74 Å². The molecule has 0 aliphatic carbocycles. The summed E-state index contributed by atoms with van der Waals surface area (Å²) in [4.78, 5) is 0. The zero-order chi connectivity index (χ0) is 5.70. The minimum Gasteiger partial charge on any atom is -0.461 e. The molecule has 1 heteroatoms. The summed E-state index contributed by atoms with van der Waals surface area (Å²) >= 11 is 0. The van der Waals surface area contributed by atoms with Crippen LogP contribution in [-0.4, -0.2) is 6.61 Å². The molecule has 0 amide bonds. The molecule has 0 unspecified atom stereocenters. The van der Waals surface area contributed by atoms with E-state index in [1.54, 1.807) is 0 Å². The lowest BCUT2D eigenvalue weighted by Gasteiger charge is -2.00. The van der Waals surface area contributed by atoms with E-state index in [-0.39, 0.29) is 0 Å². The summed E-state index contributed by atoms with van der Waals surface area (Å²) in [7, 11) is 0. The molecule has 40 valence electrons. The van der Waals surface area contributed by atoms with Gasteiger partial charge in [0.1, 0.15) is 6.92 Å². The molecule has 0 spiro atoms. The monoisotopic (exact) mass is 98.1 g/mol. The molecule has 0 aliphatic rings. The topological polar surface area (TPSA) is 9.23 Å². The van der Waals surface area contributed by atoms with E-state index >= 15 is 0 Å². The number of allylic oxidation sites excluding steroid dienone is 1. The van der Waals surface area contributed by atoms with Crippen LogP contribution in [0.1, 0.15) is 6.42 Å². The van der Waals surface area contributed by atoms with Gasteiger partial charge in [-0.3, -0.25) is 0 Å². The van der Waals surface area contributed by atoms with Gasteiger partial charge in [-0.25, -0.2) is 0 Å². The first-order chi connectivity index (χ1) is 3.31. The smallest absolute Gasteiger partial charge is 0.223 e. The van der Waals surface area contributed by atoms with E-state index in [9.17, 15) is 0 Å². The van der Waals surface area contributed by atoms with Crippen LogP contribution in [-0.2, 0) is 4.74 Å². The van der Waals surface area contributed by atoms with E-state index in [4.69, 9.17) is 4.74 Å². The lowest BCUT2D eigenvalue weighted by atomic mass is 10.4. The first-order valence-electron chi connectivity index (χ1n) is 2.20. The van der Waals surface area contributed by atoms with Gasteiger partial charge >= 0.3 is 0 Å². The van der Waals surface area contributed by atoms with Crippen molar-refractivity contribution in [3.8, 4) is 0 Å². The molecule has 0 bridgehead atoms. The van der Waals surface area contributed by atoms with Crippen LogP contribution in [0.25, 0.3) is 0 Å². The fourth-order valence-corrected chi connectivity index (χ4v) is 0.217. The van der Waals surface area contributed by atoms with Crippen LogP contribution in [0.5, 0.6) is 0 Å². The third-order valence-electron chi connectivity index (χ3n) is 0.585. The molecule has 0 saturated carbocycles. The summed E-state index contributed by atoms with van der Waals surface area (Å²) in [6.45, 7) is 11.0. The Morgan fingerprint density at radius 3 is 2.57 bits per heavy atom. The van der Waals surface area contributed by atoms with Crippen LogP contribution in [0.4, 0.5) is 0 Å². The van der Waals surface area contributed by atoms with Crippen molar-refractivity contribution in [3.63, 3.8) is 0 Å². The Hall–Kier alpha value is -0.590. The predicted molar refractivity (Wildman–Crippen MR) is 30.4 cm³/mol. The van der Waals surface area contributed by atoms with Crippen molar-refractivity contribution in [3.05, 3.63) is 26.2 Å². The van der Waals surface area contributed by atoms with Gasteiger partial charge in [0.05, 0.1) is 5.76 Å². The second kappa shape index (κ2) is 3.59. The van der Waals surface area contributed by atoms with Crippen LogP contribution >= 0.6 is 0 Å². The van der Waals surface area contributed by atoms with Gasteiger partial charge in [-0.1, -0.05) is 6.58 Å². The van der Waals surface area contributed by atoms with Gasteiger partial charge in [-0.05, 0) is 0 Å². The van der Waals surface area contributed by atoms with Crippen molar-refractivity contribution in [2.75, 3.05) is 6.61 Å². The van der Waals surface area contributed by atoms with Gasteiger partial charge in [0.25, 0.3) is 0 Å². The van der Waals surface area contributed by atoms with Gasteiger partial charge in [-0.15, -0.1) is 6.42 Å². The largest absolute Gasteiger partial charge is 0.461 e. The Morgan fingerprint density at radius 1 is 1.86 bits per heavy atom. The Labute approximate surface area is 45.0 Å². The fraction of sp³-hybridized carbons (Fsp3) is 0.333. The van der Waals surface area contributed by atoms with E-state index < -0.39 is 0 Å². The van der Waals surface area contributed by atoms with Crippen molar-refractivity contribution in [1.29, 1.82) is 0 Å². The second-order valence-corrected chi connectivity index (χ2v) is 1.14. The Morgan fingerprint density at radius 2 is 2.43 bits per heavy atom. The zero-order valence-corrected chi connectivity index (χ0v) is 4.44. The number of rotatable bonds is 3. The summed E-state index contributed by atoms with van der Waals surface area (Å²) < 4.78 is 4.82. The van der Waals surface area contributed by atoms with Crippen LogP contribution in [0.15, 0.2) is 12.3 Å². The third-order valence-corrected chi connectivity index (χ3v) is 0.585. The molecule has 0 radical (unpaired) electrons. The summed E-state index contributed by atoms with van der Waals surface area (Å²) in [5, 5.41) is 0. The van der Waals surface area contributed by atoms with Gasteiger partial charge in [0.2, 0.25) is 6.61 Å². The molecule has 0 aliphatic heterocycles. The van der Waals surface area contributed by atoms with Gasteiger partial charge in [0.15, 0.2) is 0 Å². The highest BCUT2D eigenvalue weighted by Gasteiger charge is 1.81. The Kier molecular flexibility index (Phi) is 3.29. The minimum absolute atomic E-state index is 0.453. The standard InChI is InChI=1S/C6H10O/c1-4-6(3)7-5-2/h1-5H2. The highest BCUT2D eigenvalue weighted by atomic mass is 16.5. The van der Waals surface area contributed by atoms with Crippen LogP contribution < -0.4 is 0 Å². The van der Waals surface area contributed by atoms with E-state index in [0.717, 1.165) is 0 Å². The maximum absolute atomic E-state index is 4.82. The average Bonchev–Trinajstić information content (AvgIpc) is 1.68. The normalized spacial score (nSPS) is 8.14. The molecular formula is C6H10O. The molecule has 1 nitrogen and oxygen atoms in total. The Balaban J connectivity index is 3.00. The first kappa shape index (κ1) is 6.41. The van der Waals surface area contributed by atoms with Crippen molar-refractivity contribution in [2.45, 2.75) is 6.42 Å². The molecular weight excluding hydrogens is 88.1 g/mol. The maximum atomic E-state index is 4.82. The molecule has 0 aromatic rings.